The predicted octanol–water partition coefficient (Wildman–Crippen LogP) is 0.881. The number of rotatable bonds is 0. The van der Waals surface area contributed by atoms with E-state index in [4.69, 9.17) is 11.6 Å². The Hall–Kier alpha value is 0.225. The molecule has 0 aromatic rings. The van der Waals surface area contributed by atoms with Crippen molar-refractivity contribution in [2.75, 3.05) is 0 Å². The third-order valence-electron chi connectivity index (χ3n) is 0.749. The molecule has 0 unspecified atom stereocenters. The van der Waals surface area contributed by atoms with Crippen LogP contribution in [0.2, 0.25) is 6.32 Å². The summed E-state index contributed by atoms with van der Waals surface area (Å²) in [5.41, 5.74) is 0. The van der Waals surface area contributed by atoms with Gasteiger partial charge in [0.1, 0.15) is 0 Å². The van der Waals surface area contributed by atoms with Crippen LogP contribution < -0.4 is 0 Å². The molecular formula is C3H4BCl. The molecule has 1 aliphatic rings. The minimum absolute atomic E-state index is 1.03. The third kappa shape index (κ3) is 0.540. The van der Waals surface area contributed by atoms with Crippen LogP contribution >= 0.6 is 11.6 Å². The zero-order chi connectivity index (χ0) is 3.70. The molecule has 1 heterocycles. The average molecular weight is 86.3 g/mol. The molecule has 5 heavy (non-hydrogen) atoms. The van der Waals surface area contributed by atoms with Gasteiger partial charge in [0, 0.05) is 0 Å². The molecule has 0 atom stereocenters. The van der Waals surface area contributed by atoms with Crippen LogP contribution in [-0.2, 0) is 0 Å². The van der Waals surface area contributed by atoms with E-state index >= 15 is 0 Å². The van der Waals surface area contributed by atoms with Crippen molar-refractivity contribution in [1.82, 2.24) is 0 Å². The molecule has 26 valence electrons. The molecule has 2 heteroatoms. The van der Waals surface area contributed by atoms with Gasteiger partial charge in [-0.05, 0) is 0 Å². The second-order valence-corrected chi connectivity index (χ2v) is 1.68. The summed E-state index contributed by atoms with van der Waals surface area (Å²) < 4.78 is 0. The molecule has 0 nitrogen and oxygen atoms in total. The molecule has 0 aliphatic carbocycles. The van der Waals surface area contributed by atoms with E-state index in [0.717, 1.165) is 11.3 Å². The summed E-state index contributed by atoms with van der Waals surface area (Å²) in [4.78, 5) is 1.03. The molecule has 0 radical (unpaired) electrons. The van der Waals surface area contributed by atoms with Crippen LogP contribution in [0.5, 0.6) is 0 Å². The molecule has 0 amide bonds. The first kappa shape index (κ1) is 3.42. The molecule has 1 rings (SSSR count). The second kappa shape index (κ2) is 1.13. The molecule has 0 spiro atoms. The van der Waals surface area contributed by atoms with Gasteiger partial charge in [-0.25, -0.2) is 0 Å². The van der Waals surface area contributed by atoms with Crippen molar-refractivity contribution in [3.63, 3.8) is 0 Å². The maximum atomic E-state index is 5.41. The van der Waals surface area contributed by atoms with Crippen molar-refractivity contribution in [2.45, 2.75) is 12.7 Å². The summed E-state index contributed by atoms with van der Waals surface area (Å²) in [7, 11) is 0. The van der Waals surface area contributed by atoms with Gasteiger partial charge in [-0.15, -0.1) is 0 Å². The average Bonchev–Trinajstić information content (AvgIpc) is 1.30. The third-order valence-corrected chi connectivity index (χ3v) is 1.09. The van der Waals surface area contributed by atoms with Gasteiger partial charge in [0.25, 0.3) is 0 Å². The van der Waals surface area contributed by atoms with E-state index in [-0.39, 0.29) is 0 Å². The fraction of sp³-hybridized carbons (Fsp3) is 0.667. The van der Waals surface area contributed by atoms with Gasteiger partial charge in [0.2, 0.25) is 0 Å². The molecule has 0 bridgehead atoms. The molecule has 0 N–H and O–H groups in total. The Morgan fingerprint density at radius 1 is 1.80 bits per heavy atom. The van der Waals surface area contributed by atoms with Crippen molar-refractivity contribution in [2.24, 2.45) is 0 Å². The first-order valence-corrected chi connectivity index (χ1v) is 2.12. The Labute approximate surface area is 37.0 Å². The van der Waals surface area contributed by atoms with Gasteiger partial charge >= 0.3 is 36.2 Å². The summed E-state index contributed by atoms with van der Waals surface area (Å²) in [6, 6.07) is 0. The van der Waals surface area contributed by atoms with Gasteiger partial charge in [-0.3, -0.25) is 0 Å². The predicted molar refractivity (Wildman–Crippen MR) is 26.0 cm³/mol. The van der Waals surface area contributed by atoms with E-state index in [1.807, 2.05) is 6.92 Å². The van der Waals surface area contributed by atoms with E-state index in [9.17, 15) is 0 Å². The fourth-order valence-corrected chi connectivity index (χ4v) is 0.472. The Morgan fingerprint density at radius 3 is 2.20 bits per heavy atom. The van der Waals surface area contributed by atoms with Crippen molar-refractivity contribution < 1.29 is 0 Å². The van der Waals surface area contributed by atoms with E-state index in [0.29, 0.717) is 0 Å². The van der Waals surface area contributed by atoms with Crippen LogP contribution in [0.4, 0.5) is 0 Å². The number of hydrogen-bond donors (Lipinski definition) is 0. The van der Waals surface area contributed by atoms with Crippen molar-refractivity contribution in [3.8, 4) is 0 Å². The molecule has 1 aliphatic heterocycles. The summed E-state index contributed by atoms with van der Waals surface area (Å²) >= 11 is 5.41. The van der Waals surface area contributed by atoms with Gasteiger partial charge in [0.05, 0.1) is 0 Å². The van der Waals surface area contributed by atoms with Crippen molar-refractivity contribution in [3.05, 3.63) is 0 Å². The molecular weight excluding hydrogens is 82.3 g/mol. The van der Waals surface area contributed by atoms with Crippen molar-refractivity contribution >= 4 is 23.4 Å². The Morgan fingerprint density at radius 2 is 2.20 bits per heavy atom. The summed E-state index contributed by atoms with van der Waals surface area (Å²) in [6.45, 7) is 2.03. The van der Waals surface area contributed by atoms with Crippen LogP contribution in [0.1, 0.15) is 6.42 Å². The molecule has 0 aromatic carbocycles. The molecule has 0 saturated carbocycles. The summed E-state index contributed by atoms with van der Waals surface area (Å²) in [5, 5.41) is 0. The SMILES string of the molecule is ClC1=BCC1. The molecule has 0 fully saturated rings. The Bertz CT molecular complexity index is 67.3. The quantitative estimate of drug-likeness (QED) is 0.384. The Kier molecular flexibility index (Phi) is 0.775. The van der Waals surface area contributed by atoms with Gasteiger partial charge in [-0.2, -0.15) is 0 Å². The summed E-state index contributed by atoms with van der Waals surface area (Å²) in [5.74, 6) is 0. The summed E-state index contributed by atoms with van der Waals surface area (Å²) in [6.07, 6.45) is 2.31. The van der Waals surface area contributed by atoms with E-state index in [1.165, 1.54) is 6.32 Å². The first-order valence-electron chi connectivity index (χ1n) is 1.74. The van der Waals surface area contributed by atoms with E-state index < -0.39 is 0 Å². The zero-order valence-electron chi connectivity index (χ0n) is 2.87. The maximum absolute atomic E-state index is 5.41. The Balaban J connectivity index is 2.51. The van der Waals surface area contributed by atoms with Gasteiger partial charge < -0.3 is 0 Å². The first-order chi connectivity index (χ1) is 2.39. The van der Waals surface area contributed by atoms with Gasteiger partial charge in [-0.1, -0.05) is 0 Å². The van der Waals surface area contributed by atoms with Crippen LogP contribution in [0.3, 0.4) is 0 Å². The normalized spacial score (nSPS) is 19.0. The second-order valence-electron chi connectivity index (χ2n) is 1.19. The number of hydrogen-bond acceptors (Lipinski definition) is 0. The van der Waals surface area contributed by atoms with Crippen LogP contribution in [0.15, 0.2) is 0 Å². The monoisotopic (exact) mass is 86.0 g/mol. The zero-order valence-corrected chi connectivity index (χ0v) is 3.63. The van der Waals surface area contributed by atoms with Crippen LogP contribution in [0, 0.1) is 0 Å². The topological polar surface area (TPSA) is 0 Å². The fourth-order valence-electron chi connectivity index (χ4n) is 0.253. The molecule has 0 saturated heterocycles. The van der Waals surface area contributed by atoms with Crippen LogP contribution in [0.25, 0.3) is 0 Å². The van der Waals surface area contributed by atoms with E-state index in [2.05, 4.69) is 0 Å². The van der Waals surface area contributed by atoms with Crippen molar-refractivity contribution in [1.29, 1.82) is 0 Å². The van der Waals surface area contributed by atoms with E-state index in [1.54, 1.807) is 0 Å². The molecule has 0 aromatic heterocycles. The number of halogens is 1. The minimum atomic E-state index is 1.03. The van der Waals surface area contributed by atoms with Crippen LogP contribution in [-0.4, -0.2) is 11.8 Å². The van der Waals surface area contributed by atoms with Gasteiger partial charge in [0.15, 0.2) is 0 Å². The standard InChI is InChI=1S/C3H4BCl/c5-3-1-2-4-3/h1-2H2.